The van der Waals surface area contributed by atoms with Gasteiger partial charge in [-0.15, -0.1) is 0 Å². The van der Waals surface area contributed by atoms with Crippen molar-refractivity contribution in [2.45, 2.75) is 12.8 Å². The Morgan fingerprint density at radius 2 is 1.93 bits per heavy atom. The molecule has 0 saturated carbocycles. The van der Waals surface area contributed by atoms with E-state index in [1.165, 1.54) is 37.0 Å². The molecule has 1 heterocycles. The molecule has 0 radical (unpaired) electrons. The Morgan fingerprint density at radius 1 is 1.20 bits per heavy atom. The number of nitrogens with one attached hydrogen (secondary N) is 1. The van der Waals surface area contributed by atoms with Gasteiger partial charge in [0, 0.05) is 0 Å². The molecule has 1 nitrogen and oxygen atoms in total. The average molecular weight is 199 g/mol. The van der Waals surface area contributed by atoms with Crippen LogP contribution in [0.2, 0.25) is 0 Å². The molecule has 0 atom stereocenters. The molecular weight excluding hydrogens is 181 g/mol. The summed E-state index contributed by atoms with van der Waals surface area (Å²) in [5, 5.41) is 3.39. The molecule has 0 bridgehead atoms. The highest BCUT2D eigenvalue weighted by atomic mass is 14.9. The predicted molar refractivity (Wildman–Crippen MR) is 69.2 cm³/mol. The third-order valence-electron chi connectivity index (χ3n) is 3.12. The Bertz CT molecular complexity index is 340. The molecule has 1 aromatic carbocycles. The van der Waals surface area contributed by atoms with E-state index in [-0.39, 0.29) is 0 Å². The summed E-state index contributed by atoms with van der Waals surface area (Å²) in [6.45, 7) is 2.34. The summed E-state index contributed by atoms with van der Waals surface area (Å²) in [5.41, 5.74) is 2.72. The molecule has 0 spiro atoms. The second kappa shape index (κ2) is 5.17. The molecule has 1 fully saturated rings. The fraction of sp³-hybridized carbons (Fsp3) is 0.385. The van der Waals surface area contributed by atoms with E-state index in [9.17, 15) is 0 Å². The van der Waals surface area contributed by atoms with Crippen LogP contribution in [0.15, 0.2) is 30.3 Å². The molecule has 1 N–H and O–H groups in total. The molecule has 0 amide bonds. The van der Waals surface area contributed by atoms with E-state index in [0.29, 0.717) is 0 Å². The van der Waals surface area contributed by atoms with E-state index in [0.717, 1.165) is 5.92 Å². The minimum atomic E-state index is 0.769. The van der Waals surface area contributed by atoms with E-state index in [1.807, 2.05) is 0 Å². The van der Waals surface area contributed by atoms with Crippen molar-refractivity contribution in [1.82, 2.24) is 5.32 Å². The van der Waals surface area contributed by atoms with E-state index < -0.39 is 0 Å². The number of rotatable bonds is 2. The van der Waals surface area contributed by atoms with Gasteiger partial charge in [-0.2, -0.15) is 0 Å². The minimum absolute atomic E-state index is 0.769. The minimum Gasteiger partial charge on any atom is -0.317 e. The second-order valence-corrected chi connectivity index (χ2v) is 4.30. The molecule has 0 unspecified atom stereocenters. The summed E-state index contributed by atoms with van der Waals surface area (Å²) >= 11 is 0. The summed E-state index contributed by atoms with van der Waals surface area (Å²) in [6.07, 6.45) is 7.22. The van der Waals surface area contributed by atoms with Gasteiger partial charge in [-0.05, 0) is 37.4 Å². The lowest BCUT2D eigenvalue weighted by molar-refractivity contribution is 0.438. The lowest BCUT2D eigenvalue weighted by Gasteiger charge is -2.19. The van der Waals surface area contributed by atoms with Crippen molar-refractivity contribution >= 4 is 19.4 Å². The highest BCUT2D eigenvalue weighted by Crippen LogP contribution is 2.14. The number of benzene rings is 1. The van der Waals surface area contributed by atoms with Gasteiger partial charge in [0.1, 0.15) is 7.85 Å². The van der Waals surface area contributed by atoms with Gasteiger partial charge in [0.2, 0.25) is 0 Å². The molecular formula is C13H18BN. The molecule has 0 aromatic heterocycles. The fourth-order valence-electron chi connectivity index (χ4n) is 2.05. The molecule has 1 aliphatic rings. The van der Waals surface area contributed by atoms with Crippen molar-refractivity contribution in [1.29, 1.82) is 0 Å². The fourth-order valence-corrected chi connectivity index (χ4v) is 2.05. The smallest absolute Gasteiger partial charge is 0.140 e. The summed E-state index contributed by atoms with van der Waals surface area (Å²) in [7, 11) is 2.17. The summed E-state index contributed by atoms with van der Waals surface area (Å²) in [6, 6.07) is 8.56. The van der Waals surface area contributed by atoms with Gasteiger partial charge in [-0.1, -0.05) is 41.9 Å². The Kier molecular flexibility index (Phi) is 3.62. The quantitative estimate of drug-likeness (QED) is 0.699. The third-order valence-corrected chi connectivity index (χ3v) is 3.12. The maximum atomic E-state index is 3.39. The van der Waals surface area contributed by atoms with Crippen LogP contribution in [0.5, 0.6) is 0 Å². The van der Waals surface area contributed by atoms with Crippen molar-refractivity contribution in [3.05, 3.63) is 35.9 Å². The molecule has 1 saturated heterocycles. The number of piperidine rings is 1. The van der Waals surface area contributed by atoms with Crippen molar-refractivity contribution in [3.63, 3.8) is 0 Å². The van der Waals surface area contributed by atoms with Crippen LogP contribution in [0.3, 0.4) is 0 Å². The average Bonchev–Trinajstić information content (AvgIpc) is 2.29. The molecule has 15 heavy (non-hydrogen) atoms. The monoisotopic (exact) mass is 199 g/mol. The van der Waals surface area contributed by atoms with Crippen LogP contribution in [0, 0.1) is 5.92 Å². The number of hydrogen-bond donors (Lipinski definition) is 1. The van der Waals surface area contributed by atoms with Gasteiger partial charge in [0.05, 0.1) is 0 Å². The van der Waals surface area contributed by atoms with Crippen LogP contribution in [-0.2, 0) is 0 Å². The number of allylic oxidation sites excluding steroid dienone is 1. The van der Waals surface area contributed by atoms with Crippen LogP contribution in [0.4, 0.5) is 0 Å². The van der Waals surface area contributed by atoms with E-state index in [4.69, 9.17) is 0 Å². The highest BCUT2D eigenvalue weighted by molar-refractivity contribution is 6.34. The van der Waals surface area contributed by atoms with Gasteiger partial charge in [0.25, 0.3) is 0 Å². The summed E-state index contributed by atoms with van der Waals surface area (Å²) in [4.78, 5) is 0. The van der Waals surface area contributed by atoms with Crippen molar-refractivity contribution < 1.29 is 0 Å². The van der Waals surface area contributed by atoms with E-state index >= 15 is 0 Å². The van der Waals surface area contributed by atoms with Crippen molar-refractivity contribution in [3.8, 4) is 0 Å². The van der Waals surface area contributed by atoms with Crippen LogP contribution >= 0.6 is 0 Å². The predicted octanol–water partition coefficient (Wildman–Crippen LogP) is 0.958. The first-order valence-electron chi connectivity index (χ1n) is 5.81. The SMILES string of the molecule is Bc1ccccc1/C=C/C1CCNCC1. The third kappa shape index (κ3) is 2.97. The Morgan fingerprint density at radius 3 is 2.67 bits per heavy atom. The first-order chi connectivity index (χ1) is 7.36. The van der Waals surface area contributed by atoms with Gasteiger partial charge >= 0.3 is 0 Å². The highest BCUT2D eigenvalue weighted by Gasteiger charge is 2.08. The standard InChI is InChI=1S/C13H18BN/c14-13-4-2-1-3-12(13)6-5-11-7-9-15-10-8-11/h1-6,11,15H,7-10,14H2/b6-5+. The molecule has 2 rings (SSSR count). The lowest BCUT2D eigenvalue weighted by atomic mass is 9.89. The maximum Gasteiger partial charge on any atom is 0.140 e. The Labute approximate surface area is 93.0 Å². The van der Waals surface area contributed by atoms with Crippen molar-refractivity contribution in [2.24, 2.45) is 5.92 Å². The first-order valence-corrected chi connectivity index (χ1v) is 5.81. The first kappa shape index (κ1) is 10.5. The van der Waals surface area contributed by atoms with Crippen molar-refractivity contribution in [2.75, 3.05) is 13.1 Å². The molecule has 2 heteroatoms. The zero-order valence-electron chi connectivity index (χ0n) is 9.37. The summed E-state index contributed by atoms with van der Waals surface area (Å²) < 4.78 is 0. The topological polar surface area (TPSA) is 12.0 Å². The lowest BCUT2D eigenvalue weighted by Crippen LogP contribution is -2.26. The molecule has 1 aromatic rings. The van der Waals surface area contributed by atoms with Crippen LogP contribution in [0.1, 0.15) is 18.4 Å². The van der Waals surface area contributed by atoms with E-state index in [2.05, 4.69) is 49.6 Å². The largest absolute Gasteiger partial charge is 0.317 e. The van der Waals surface area contributed by atoms with Crippen LogP contribution in [-0.4, -0.2) is 20.9 Å². The van der Waals surface area contributed by atoms with Crippen LogP contribution in [0.25, 0.3) is 6.08 Å². The Hall–Kier alpha value is -1.02. The number of hydrogen-bond acceptors (Lipinski definition) is 1. The molecule has 78 valence electrons. The van der Waals surface area contributed by atoms with Gasteiger partial charge in [-0.3, -0.25) is 0 Å². The Balaban J connectivity index is 2.01. The van der Waals surface area contributed by atoms with Gasteiger partial charge < -0.3 is 5.32 Å². The van der Waals surface area contributed by atoms with Gasteiger partial charge in [-0.25, -0.2) is 0 Å². The maximum absolute atomic E-state index is 3.39. The molecule has 1 aliphatic heterocycles. The second-order valence-electron chi connectivity index (χ2n) is 4.30. The van der Waals surface area contributed by atoms with Crippen LogP contribution < -0.4 is 10.8 Å². The summed E-state index contributed by atoms with van der Waals surface area (Å²) in [5.74, 6) is 0.769. The zero-order chi connectivity index (χ0) is 10.5. The van der Waals surface area contributed by atoms with E-state index in [1.54, 1.807) is 0 Å². The molecule has 0 aliphatic carbocycles. The zero-order valence-corrected chi connectivity index (χ0v) is 9.37. The van der Waals surface area contributed by atoms with Gasteiger partial charge in [0.15, 0.2) is 0 Å². The normalized spacial score (nSPS) is 18.4.